The molecular weight excluding hydrogens is 638 g/mol. The van der Waals surface area contributed by atoms with Gasteiger partial charge >= 0.3 is 5.97 Å². The fraction of sp³-hybridized carbons (Fsp3) is 0.370. The largest absolute Gasteiger partial charge is 0.491 e. The molecule has 0 fully saturated rings. The third-order valence-electron chi connectivity index (χ3n) is 6.25. The number of thiazole rings is 1. The number of sulfonamides is 1. The number of aliphatic hydroxyl groups is 1. The van der Waals surface area contributed by atoms with Gasteiger partial charge in [0.1, 0.15) is 43.1 Å². The molecule has 4 N–H and O–H groups in total. The highest BCUT2D eigenvalue weighted by atomic mass is 32.2. The Kier molecular flexibility index (Phi) is 11.6. The molecule has 0 aliphatic rings. The quantitative estimate of drug-likeness (QED) is 0.141. The van der Waals surface area contributed by atoms with Crippen LogP contribution in [-0.2, 0) is 32.0 Å². The number of ketones is 1. The van der Waals surface area contributed by atoms with Crippen molar-refractivity contribution in [3.8, 4) is 11.5 Å². The van der Waals surface area contributed by atoms with Gasteiger partial charge in [0.05, 0.1) is 22.3 Å². The molecule has 4 aromatic rings. The summed E-state index contributed by atoms with van der Waals surface area (Å²) in [7, 11) is -3.93. The van der Waals surface area contributed by atoms with E-state index in [0.29, 0.717) is 33.2 Å². The van der Waals surface area contributed by atoms with Gasteiger partial charge in [-0.3, -0.25) is 9.59 Å². The van der Waals surface area contributed by atoms with Gasteiger partial charge in [0.2, 0.25) is 4.34 Å². The van der Waals surface area contributed by atoms with Gasteiger partial charge in [-0.05, 0) is 35.9 Å². The number of aromatic nitrogens is 4. The van der Waals surface area contributed by atoms with E-state index in [1.54, 1.807) is 36.4 Å². The number of primary sulfonamides is 1. The number of aliphatic hydroxyl groups excluding tert-OH is 1. The standard InChI is InChI=1S/C27H30FN5O8S3/c28-7-9-40-20-3-1-2-17(10-20)15-42-16-18(26(36)37)11-24(35)23(6-8-34)33-13-19(31-32-33)14-41-21-4-5-22-25(12-21)43-27(30-22)44(29,38)39/h1-5,10,12-13,18,23,34H,6-9,11,14-16H2,(H,36,37)(H2,29,38,39)/t18-,23+/m1/s1. The molecule has 236 valence electrons. The fourth-order valence-corrected chi connectivity index (χ4v) is 6.91. The lowest BCUT2D eigenvalue weighted by Gasteiger charge is -2.18. The summed E-state index contributed by atoms with van der Waals surface area (Å²) in [5.74, 6) is -0.914. The van der Waals surface area contributed by atoms with E-state index in [1.165, 1.54) is 22.6 Å². The lowest BCUT2D eigenvalue weighted by molar-refractivity contribution is -0.143. The average molecular weight is 668 g/mol. The summed E-state index contributed by atoms with van der Waals surface area (Å²) in [5.41, 5.74) is 1.70. The highest BCUT2D eigenvalue weighted by Gasteiger charge is 2.28. The van der Waals surface area contributed by atoms with E-state index < -0.39 is 40.4 Å². The molecular formula is C27H30FN5O8S3. The molecule has 0 saturated carbocycles. The number of nitrogens with two attached hydrogens (primary N) is 1. The minimum Gasteiger partial charge on any atom is -0.491 e. The van der Waals surface area contributed by atoms with Crippen molar-refractivity contribution in [3.05, 3.63) is 59.9 Å². The zero-order chi connectivity index (χ0) is 31.7. The monoisotopic (exact) mass is 667 g/mol. The van der Waals surface area contributed by atoms with Gasteiger partial charge in [0.25, 0.3) is 10.0 Å². The summed E-state index contributed by atoms with van der Waals surface area (Å²) in [6.45, 7) is -1.01. The van der Waals surface area contributed by atoms with Gasteiger partial charge in [-0.1, -0.05) is 17.3 Å². The molecule has 13 nitrogen and oxygen atoms in total. The van der Waals surface area contributed by atoms with Crippen molar-refractivity contribution in [3.63, 3.8) is 0 Å². The van der Waals surface area contributed by atoms with Crippen molar-refractivity contribution in [1.29, 1.82) is 0 Å². The highest BCUT2D eigenvalue weighted by Crippen LogP contribution is 2.29. The molecule has 0 radical (unpaired) electrons. The maximum absolute atomic E-state index is 13.2. The Hall–Kier alpha value is -3.64. The normalized spacial score (nSPS) is 13.1. The second-order valence-corrected chi connectivity index (χ2v) is 13.4. The van der Waals surface area contributed by atoms with E-state index in [2.05, 4.69) is 15.3 Å². The van der Waals surface area contributed by atoms with E-state index in [4.69, 9.17) is 14.6 Å². The summed E-state index contributed by atoms with van der Waals surface area (Å²) in [5, 5.41) is 32.6. The number of nitrogens with zero attached hydrogens (tertiary/aromatic N) is 4. The van der Waals surface area contributed by atoms with Gasteiger partial charge in [-0.2, -0.15) is 11.8 Å². The van der Waals surface area contributed by atoms with Crippen molar-refractivity contribution < 1.29 is 42.1 Å². The lowest BCUT2D eigenvalue weighted by Crippen LogP contribution is -2.27. The molecule has 0 unspecified atom stereocenters. The van der Waals surface area contributed by atoms with Crippen molar-refractivity contribution in [1.82, 2.24) is 20.0 Å². The Bertz CT molecular complexity index is 1700. The third-order valence-corrected chi connectivity index (χ3v) is 9.76. The maximum Gasteiger partial charge on any atom is 0.307 e. The van der Waals surface area contributed by atoms with Crippen molar-refractivity contribution in [2.45, 2.75) is 35.6 Å². The van der Waals surface area contributed by atoms with Crippen molar-refractivity contribution in [2.75, 3.05) is 25.6 Å². The molecule has 44 heavy (non-hydrogen) atoms. The molecule has 2 aromatic heterocycles. The maximum atomic E-state index is 13.2. The van der Waals surface area contributed by atoms with E-state index in [9.17, 15) is 32.6 Å². The van der Waals surface area contributed by atoms with Gasteiger partial charge in [-0.25, -0.2) is 27.6 Å². The third kappa shape index (κ3) is 9.18. The Balaban J connectivity index is 1.34. The van der Waals surface area contributed by atoms with Crippen LogP contribution in [0.4, 0.5) is 4.39 Å². The SMILES string of the molecule is NS(=O)(=O)c1nc2ccc(OCc3cn([C@@H](CCO)C(=O)C[C@H](CSCc4cccc(OCCF)c4)C(=O)O)nn3)cc2s1. The zero-order valence-electron chi connectivity index (χ0n) is 23.2. The number of carboxylic acid groups (broad SMARTS) is 1. The molecule has 0 aliphatic heterocycles. The van der Waals surface area contributed by atoms with Crippen LogP contribution in [0, 0.1) is 5.92 Å². The summed E-state index contributed by atoms with van der Waals surface area (Å²) >= 11 is 2.26. The Morgan fingerprint density at radius 3 is 2.68 bits per heavy atom. The first-order valence-corrected chi connectivity index (χ1v) is 16.8. The first-order chi connectivity index (χ1) is 21.1. The number of rotatable bonds is 18. The molecule has 0 spiro atoms. The molecule has 2 heterocycles. The number of Topliss-reactive ketones (excluding diaryl/α,β-unsaturated/α-hetero) is 1. The lowest BCUT2D eigenvalue weighted by atomic mass is 9.98. The first kappa shape index (κ1) is 33.3. The van der Waals surface area contributed by atoms with Crippen LogP contribution in [-0.4, -0.2) is 76.0 Å². The summed E-state index contributed by atoms with van der Waals surface area (Å²) in [6, 6.07) is 11.0. The zero-order valence-corrected chi connectivity index (χ0v) is 25.7. The van der Waals surface area contributed by atoms with E-state index in [1.807, 2.05) is 6.07 Å². The molecule has 4 rings (SSSR count). The summed E-state index contributed by atoms with van der Waals surface area (Å²) in [6.07, 6.45) is 1.24. The molecule has 0 aliphatic carbocycles. The first-order valence-electron chi connectivity index (χ1n) is 13.3. The number of carbonyl (C=O) groups excluding carboxylic acids is 1. The van der Waals surface area contributed by atoms with Crippen LogP contribution in [0.2, 0.25) is 0 Å². The number of hydrogen-bond acceptors (Lipinski definition) is 12. The number of carboxylic acids is 1. The number of fused-ring (bicyclic) bond motifs is 1. The minimum atomic E-state index is -3.93. The van der Waals surface area contributed by atoms with Crippen LogP contribution in [0.5, 0.6) is 11.5 Å². The number of alkyl halides is 1. The molecule has 17 heteroatoms. The number of benzene rings is 2. The van der Waals surface area contributed by atoms with Crippen molar-refractivity contribution >= 4 is 55.1 Å². The Morgan fingerprint density at radius 2 is 1.95 bits per heavy atom. The topological polar surface area (TPSA) is 197 Å². The van der Waals surface area contributed by atoms with Gasteiger partial charge in [0, 0.05) is 31.0 Å². The van der Waals surface area contributed by atoms with Crippen LogP contribution < -0.4 is 14.6 Å². The number of aliphatic carboxylic acids is 1. The predicted octanol–water partition coefficient (Wildman–Crippen LogP) is 2.98. The van der Waals surface area contributed by atoms with Crippen LogP contribution in [0.15, 0.2) is 53.0 Å². The number of thioether (sulfide) groups is 1. The average Bonchev–Trinajstić information content (AvgIpc) is 3.64. The van der Waals surface area contributed by atoms with E-state index in [-0.39, 0.29) is 42.8 Å². The second-order valence-electron chi connectivity index (χ2n) is 9.57. The van der Waals surface area contributed by atoms with Gasteiger partial charge in [-0.15, -0.1) is 16.4 Å². The van der Waals surface area contributed by atoms with E-state index in [0.717, 1.165) is 16.9 Å². The predicted molar refractivity (Wildman–Crippen MR) is 161 cm³/mol. The molecule has 0 saturated heterocycles. The Labute approximate surface area is 260 Å². The Morgan fingerprint density at radius 1 is 1.16 bits per heavy atom. The number of hydrogen-bond donors (Lipinski definition) is 3. The highest BCUT2D eigenvalue weighted by molar-refractivity contribution is 7.98. The summed E-state index contributed by atoms with van der Waals surface area (Å²) in [4.78, 5) is 29.2. The number of ether oxygens (including phenoxy) is 2. The summed E-state index contributed by atoms with van der Waals surface area (Å²) < 4.78 is 48.2. The van der Waals surface area contributed by atoms with Crippen LogP contribution in [0.25, 0.3) is 10.2 Å². The molecule has 2 atom stereocenters. The van der Waals surface area contributed by atoms with E-state index >= 15 is 0 Å². The fourth-order valence-electron chi connectivity index (χ4n) is 4.14. The number of carbonyl (C=O) groups is 2. The number of halogens is 1. The molecule has 0 bridgehead atoms. The van der Waals surface area contributed by atoms with Crippen LogP contribution in [0.3, 0.4) is 0 Å². The van der Waals surface area contributed by atoms with Gasteiger partial charge in [0.15, 0.2) is 5.78 Å². The molecule has 2 aromatic carbocycles. The smallest absolute Gasteiger partial charge is 0.307 e. The van der Waals surface area contributed by atoms with Crippen LogP contribution in [0.1, 0.15) is 30.1 Å². The van der Waals surface area contributed by atoms with Crippen molar-refractivity contribution in [2.24, 2.45) is 11.1 Å². The second kappa shape index (κ2) is 15.4. The van der Waals surface area contributed by atoms with Crippen LogP contribution >= 0.6 is 23.1 Å². The molecule has 0 amide bonds. The van der Waals surface area contributed by atoms with Gasteiger partial charge < -0.3 is 19.7 Å². The minimum absolute atomic E-state index is 0.0159.